The van der Waals surface area contributed by atoms with E-state index in [1.807, 2.05) is 12.1 Å². The summed E-state index contributed by atoms with van der Waals surface area (Å²) in [6.07, 6.45) is 6.03. The Balaban J connectivity index is 1.75. The van der Waals surface area contributed by atoms with Crippen molar-refractivity contribution in [1.82, 2.24) is 5.43 Å². The first-order valence-electron chi connectivity index (χ1n) is 6.12. The van der Waals surface area contributed by atoms with Crippen LogP contribution in [-0.2, 0) is 4.74 Å². The average Bonchev–Trinajstić information content (AvgIpc) is 2.96. The molecule has 1 aromatic heterocycles. The molecule has 17 heavy (non-hydrogen) atoms. The van der Waals surface area contributed by atoms with E-state index in [1.165, 1.54) is 12.8 Å². The van der Waals surface area contributed by atoms with Crippen LogP contribution < -0.4 is 11.3 Å². The van der Waals surface area contributed by atoms with Crippen molar-refractivity contribution in [3.05, 3.63) is 22.6 Å². The van der Waals surface area contributed by atoms with Gasteiger partial charge in [0.2, 0.25) is 0 Å². The standard InChI is InChI=1S/C12H19BrN2O2/c13-12-7-6-11(17-12)10(15-14)5-1-3-9-4-2-8-16-9/h6-7,9-10,15H,1-5,8,14H2. The van der Waals surface area contributed by atoms with Gasteiger partial charge in [0.1, 0.15) is 5.76 Å². The Morgan fingerprint density at radius 1 is 1.53 bits per heavy atom. The van der Waals surface area contributed by atoms with E-state index in [9.17, 15) is 0 Å². The lowest BCUT2D eigenvalue weighted by molar-refractivity contribution is 0.101. The van der Waals surface area contributed by atoms with Crippen LogP contribution >= 0.6 is 15.9 Å². The maximum absolute atomic E-state index is 5.60. The van der Waals surface area contributed by atoms with Crippen molar-refractivity contribution in [2.75, 3.05) is 6.61 Å². The summed E-state index contributed by atoms with van der Waals surface area (Å²) in [6.45, 7) is 0.925. The zero-order valence-corrected chi connectivity index (χ0v) is 11.4. The van der Waals surface area contributed by atoms with Crippen molar-refractivity contribution in [2.24, 2.45) is 5.84 Å². The molecule has 2 rings (SSSR count). The van der Waals surface area contributed by atoms with E-state index >= 15 is 0 Å². The molecular weight excluding hydrogens is 284 g/mol. The zero-order valence-electron chi connectivity index (χ0n) is 9.82. The van der Waals surface area contributed by atoms with Gasteiger partial charge in [-0.2, -0.15) is 0 Å². The van der Waals surface area contributed by atoms with Crippen molar-refractivity contribution in [3.63, 3.8) is 0 Å². The summed E-state index contributed by atoms with van der Waals surface area (Å²) in [5.41, 5.74) is 2.80. The van der Waals surface area contributed by atoms with Gasteiger partial charge in [-0.3, -0.25) is 5.84 Å². The van der Waals surface area contributed by atoms with Gasteiger partial charge in [-0.25, -0.2) is 5.43 Å². The third-order valence-electron chi connectivity index (χ3n) is 3.18. The highest BCUT2D eigenvalue weighted by Gasteiger charge is 2.17. The molecule has 1 fully saturated rings. The van der Waals surface area contributed by atoms with Crippen molar-refractivity contribution >= 4 is 15.9 Å². The van der Waals surface area contributed by atoms with Crippen LogP contribution in [0.15, 0.2) is 21.2 Å². The van der Waals surface area contributed by atoms with Crippen molar-refractivity contribution in [1.29, 1.82) is 0 Å². The van der Waals surface area contributed by atoms with Gasteiger partial charge in [0, 0.05) is 6.61 Å². The van der Waals surface area contributed by atoms with Crippen LogP contribution in [0.4, 0.5) is 0 Å². The Morgan fingerprint density at radius 3 is 3.00 bits per heavy atom. The second-order valence-electron chi connectivity index (χ2n) is 4.43. The molecule has 1 aliphatic rings. The quantitative estimate of drug-likeness (QED) is 0.626. The third kappa shape index (κ3) is 3.81. The molecule has 0 aromatic carbocycles. The summed E-state index contributed by atoms with van der Waals surface area (Å²) >= 11 is 3.30. The van der Waals surface area contributed by atoms with Gasteiger partial charge in [-0.15, -0.1) is 0 Å². The third-order valence-corrected chi connectivity index (χ3v) is 3.61. The van der Waals surface area contributed by atoms with Gasteiger partial charge >= 0.3 is 0 Å². The predicted molar refractivity (Wildman–Crippen MR) is 69.3 cm³/mol. The molecule has 4 nitrogen and oxygen atoms in total. The molecule has 5 heteroatoms. The fraction of sp³-hybridized carbons (Fsp3) is 0.667. The summed E-state index contributed by atoms with van der Waals surface area (Å²) in [6, 6.07) is 3.92. The molecule has 1 aromatic rings. The minimum Gasteiger partial charge on any atom is -0.453 e. The summed E-state index contributed by atoms with van der Waals surface area (Å²) < 4.78 is 11.8. The lowest BCUT2D eigenvalue weighted by Gasteiger charge is -2.14. The summed E-state index contributed by atoms with van der Waals surface area (Å²) in [5.74, 6) is 6.43. The number of rotatable bonds is 6. The number of furan rings is 1. The van der Waals surface area contributed by atoms with Gasteiger partial charge in [0.15, 0.2) is 4.67 Å². The molecule has 3 N–H and O–H groups in total. The average molecular weight is 303 g/mol. The molecule has 0 spiro atoms. The minimum atomic E-state index is 0.0858. The Morgan fingerprint density at radius 2 is 2.41 bits per heavy atom. The van der Waals surface area contributed by atoms with Gasteiger partial charge in [-0.1, -0.05) is 0 Å². The molecule has 0 radical (unpaired) electrons. The van der Waals surface area contributed by atoms with E-state index in [2.05, 4.69) is 21.4 Å². The number of nitrogens with one attached hydrogen (secondary N) is 1. The molecule has 0 amide bonds. The van der Waals surface area contributed by atoms with E-state index in [0.717, 1.165) is 36.3 Å². The Kier molecular flexibility index (Phi) is 5.03. The van der Waals surface area contributed by atoms with Crippen molar-refractivity contribution in [2.45, 2.75) is 44.2 Å². The molecule has 1 aliphatic heterocycles. The number of ether oxygens (including phenoxy) is 1. The zero-order chi connectivity index (χ0) is 12.1. The SMILES string of the molecule is NNC(CCCC1CCCO1)c1ccc(Br)o1. The predicted octanol–water partition coefficient (Wildman–Crippen LogP) is 2.90. The maximum Gasteiger partial charge on any atom is 0.169 e. The maximum atomic E-state index is 5.60. The highest BCUT2D eigenvalue weighted by atomic mass is 79.9. The Bertz CT molecular complexity index is 337. The highest BCUT2D eigenvalue weighted by Crippen LogP contribution is 2.25. The van der Waals surface area contributed by atoms with Crippen LogP contribution in [0.1, 0.15) is 43.9 Å². The number of halogens is 1. The second-order valence-corrected chi connectivity index (χ2v) is 5.21. The summed E-state index contributed by atoms with van der Waals surface area (Å²) in [7, 11) is 0. The van der Waals surface area contributed by atoms with E-state index in [0.29, 0.717) is 6.10 Å². The highest BCUT2D eigenvalue weighted by molar-refractivity contribution is 9.10. The summed E-state index contributed by atoms with van der Waals surface area (Å²) in [4.78, 5) is 0. The number of hydrogen-bond donors (Lipinski definition) is 2. The first kappa shape index (κ1) is 13.1. The molecule has 96 valence electrons. The second kappa shape index (κ2) is 6.54. The molecule has 0 aliphatic carbocycles. The monoisotopic (exact) mass is 302 g/mol. The lowest BCUT2D eigenvalue weighted by atomic mass is 10.0. The topological polar surface area (TPSA) is 60.4 Å². The van der Waals surface area contributed by atoms with Crippen LogP contribution in [0.5, 0.6) is 0 Å². The van der Waals surface area contributed by atoms with Crippen LogP contribution in [0.25, 0.3) is 0 Å². The molecule has 2 unspecified atom stereocenters. The van der Waals surface area contributed by atoms with Crippen LogP contribution in [0.2, 0.25) is 0 Å². The van der Waals surface area contributed by atoms with Crippen molar-refractivity contribution < 1.29 is 9.15 Å². The summed E-state index contributed by atoms with van der Waals surface area (Å²) in [5, 5.41) is 0. The molecule has 0 bridgehead atoms. The van der Waals surface area contributed by atoms with E-state index in [1.54, 1.807) is 0 Å². The number of nitrogens with two attached hydrogens (primary N) is 1. The Hall–Kier alpha value is -0.360. The first-order valence-corrected chi connectivity index (χ1v) is 6.92. The minimum absolute atomic E-state index is 0.0858. The van der Waals surface area contributed by atoms with Crippen LogP contribution in [0, 0.1) is 0 Å². The fourth-order valence-corrected chi connectivity index (χ4v) is 2.56. The normalized spacial score (nSPS) is 21.9. The molecular formula is C12H19BrN2O2. The van der Waals surface area contributed by atoms with Crippen LogP contribution in [-0.4, -0.2) is 12.7 Å². The number of hydrogen-bond acceptors (Lipinski definition) is 4. The van der Waals surface area contributed by atoms with E-state index in [-0.39, 0.29) is 6.04 Å². The molecule has 2 atom stereocenters. The largest absolute Gasteiger partial charge is 0.453 e. The first-order chi connectivity index (χ1) is 8.29. The molecule has 0 saturated carbocycles. The van der Waals surface area contributed by atoms with Crippen molar-refractivity contribution in [3.8, 4) is 0 Å². The molecule has 2 heterocycles. The number of hydrazine groups is 1. The van der Waals surface area contributed by atoms with Gasteiger partial charge in [0.25, 0.3) is 0 Å². The van der Waals surface area contributed by atoms with Gasteiger partial charge in [0.05, 0.1) is 12.1 Å². The van der Waals surface area contributed by atoms with Gasteiger partial charge in [-0.05, 0) is 60.2 Å². The smallest absolute Gasteiger partial charge is 0.169 e. The fourth-order valence-electron chi connectivity index (χ4n) is 2.24. The Labute approximate surface area is 110 Å². The van der Waals surface area contributed by atoms with E-state index < -0.39 is 0 Å². The van der Waals surface area contributed by atoms with Crippen LogP contribution in [0.3, 0.4) is 0 Å². The van der Waals surface area contributed by atoms with E-state index in [4.69, 9.17) is 15.0 Å². The lowest BCUT2D eigenvalue weighted by Crippen LogP contribution is -2.27. The van der Waals surface area contributed by atoms with Gasteiger partial charge < -0.3 is 9.15 Å². The molecule has 1 saturated heterocycles.